The van der Waals surface area contributed by atoms with E-state index in [1.165, 1.54) is 30.6 Å². The Bertz CT molecular complexity index is 300. The van der Waals surface area contributed by atoms with E-state index in [0.717, 1.165) is 17.3 Å². The molecule has 0 aromatic carbocycles. The molecule has 0 saturated heterocycles. The van der Waals surface area contributed by atoms with Crippen LogP contribution in [0.4, 0.5) is 0 Å². The largest absolute Gasteiger partial charge is 0.147 e. The van der Waals surface area contributed by atoms with Gasteiger partial charge in [-0.2, -0.15) is 0 Å². The van der Waals surface area contributed by atoms with Gasteiger partial charge < -0.3 is 0 Å². The van der Waals surface area contributed by atoms with Gasteiger partial charge in [0.25, 0.3) is 0 Å². The topological polar surface area (TPSA) is 0 Å². The standard InChI is InChI=1S/C11H14Cl2S/c12-8-11(4-1-2-5-11)7-10-9(13)3-6-14-10/h3,6H,1-2,4-5,7-8H2. The Kier molecular flexibility index (Phi) is 3.41. The Morgan fingerprint density at radius 2 is 2.07 bits per heavy atom. The van der Waals surface area contributed by atoms with Crippen molar-refractivity contribution in [1.82, 2.24) is 0 Å². The summed E-state index contributed by atoms with van der Waals surface area (Å²) < 4.78 is 0. The lowest BCUT2D eigenvalue weighted by atomic mass is 9.84. The summed E-state index contributed by atoms with van der Waals surface area (Å²) in [6, 6.07) is 1.98. The molecule has 0 atom stereocenters. The molecular weight excluding hydrogens is 235 g/mol. The highest BCUT2D eigenvalue weighted by molar-refractivity contribution is 7.10. The molecule has 1 fully saturated rings. The number of halogens is 2. The van der Waals surface area contributed by atoms with E-state index in [9.17, 15) is 0 Å². The minimum absolute atomic E-state index is 0.343. The van der Waals surface area contributed by atoms with Gasteiger partial charge >= 0.3 is 0 Å². The van der Waals surface area contributed by atoms with Crippen molar-refractivity contribution in [2.75, 3.05) is 5.88 Å². The van der Waals surface area contributed by atoms with Gasteiger partial charge in [-0.3, -0.25) is 0 Å². The normalized spacial score (nSPS) is 20.1. The van der Waals surface area contributed by atoms with Crippen LogP contribution >= 0.6 is 34.5 Å². The average Bonchev–Trinajstić information content (AvgIpc) is 2.79. The molecule has 0 aliphatic heterocycles. The first-order valence-electron chi connectivity index (χ1n) is 5.04. The molecule has 0 amide bonds. The van der Waals surface area contributed by atoms with Crippen LogP contribution in [0.15, 0.2) is 11.4 Å². The third-order valence-electron chi connectivity index (χ3n) is 3.17. The Morgan fingerprint density at radius 1 is 1.36 bits per heavy atom. The van der Waals surface area contributed by atoms with Crippen molar-refractivity contribution in [3.8, 4) is 0 Å². The molecule has 0 bridgehead atoms. The van der Waals surface area contributed by atoms with Crippen LogP contribution in [0.2, 0.25) is 5.02 Å². The monoisotopic (exact) mass is 248 g/mol. The molecule has 2 rings (SSSR count). The molecule has 0 nitrogen and oxygen atoms in total. The summed E-state index contributed by atoms with van der Waals surface area (Å²) in [6.07, 6.45) is 6.27. The maximum absolute atomic E-state index is 6.10. The zero-order valence-corrected chi connectivity index (χ0v) is 10.4. The SMILES string of the molecule is ClCC1(Cc2sccc2Cl)CCCC1. The number of thiophene rings is 1. The molecule has 1 aromatic rings. The molecule has 0 radical (unpaired) electrons. The van der Waals surface area contributed by atoms with Crippen molar-refractivity contribution < 1.29 is 0 Å². The maximum atomic E-state index is 6.10. The minimum atomic E-state index is 0.343. The second-order valence-corrected chi connectivity index (χ2v) is 5.88. The first-order chi connectivity index (χ1) is 6.76. The highest BCUT2D eigenvalue weighted by atomic mass is 35.5. The predicted octanol–water partition coefficient (Wildman–Crippen LogP) is 4.74. The number of hydrogen-bond acceptors (Lipinski definition) is 1. The molecule has 14 heavy (non-hydrogen) atoms. The van der Waals surface area contributed by atoms with Gasteiger partial charge in [0.05, 0.1) is 5.02 Å². The van der Waals surface area contributed by atoms with E-state index in [2.05, 4.69) is 5.38 Å². The van der Waals surface area contributed by atoms with Crippen molar-refractivity contribution in [3.63, 3.8) is 0 Å². The lowest BCUT2D eigenvalue weighted by Gasteiger charge is -2.25. The summed E-state index contributed by atoms with van der Waals surface area (Å²) in [6.45, 7) is 0. The van der Waals surface area contributed by atoms with Crippen LogP contribution < -0.4 is 0 Å². The van der Waals surface area contributed by atoms with E-state index in [1.807, 2.05) is 6.07 Å². The maximum Gasteiger partial charge on any atom is 0.0545 e. The summed E-state index contributed by atoms with van der Waals surface area (Å²) in [5.41, 5.74) is 0.343. The summed E-state index contributed by atoms with van der Waals surface area (Å²) in [5, 5.41) is 2.99. The van der Waals surface area contributed by atoms with E-state index < -0.39 is 0 Å². The van der Waals surface area contributed by atoms with Gasteiger partial charge in [-0.15, -0.1) is 22.9 Å². The number of hydrogen-bond donors (Lipinski definition) is 0. The highest BCUT2D eigenvalue weighted by Crippen LogP contribution is 2.43. The molecule has 3 heteroatoms. The molecule has 1 saturated carbocycles. The van der Waals surface area contributed by atoms with Crippen molar-refractivity contribution >= 4 is 34.5 Å². The van der Waals surface area contributed by atoms with Crippen LogP contribution in [0.3, 0.4) is 0 Å². The third kappa shape index (κ3) is 2.10. The van der Waals surface area contributed by atoms with E-state index in [1.54, 1.807) is 11.3 Å². The van der Waals surface area contributed by atoms with Crippen LogP contribution in [0.25, 0.3) is 0 Å². The summed E-state index contributed by atoms with van der Waals surface area (Å²) in [5.74, 6) is 0.779. The molecule has 1 aliphatic carbocycles. The number of rotatable bonds is 3. The van der Waals surface area contributed by atoms with E-state index in [-0.39, 0.29) is 0 Å². The zero-order chi connectivity index (χ0) is 10.0. The Balaban J connectivity index is 2.12. The van der Waals surface area contributed by atoms with Gasteiger partial charge in [-0.05, 0) is 36.1 Å². The third-order valence-corrected chi connectivity index (χ3v) is 5.13. The van der Waals surface area contributed by atoms with Gasteiger partial charge in [0, 0.05) is 10.8 Å². The summed E-state index contributed by atoms with van der Waals surface area (Å²) >= 11 is 14.0. The Hall–Kier alpha value is 0.280. The lowest BCUT2D eigenvalue weighted by molar-refractivity contribution is 0.343. The summed E-state index contributed by atoms with van der Waals surface area (Å²) in [7, 11) is 0. The second kappa shape index (κ2) is 4.42. The van der Waals surface area contributed by atoms with E-state index in [4.69, 9.17) is 23.2 Å². The van der Waals surface area contributed by atoms with Crippen molar-refractivity contribution in [1.29, 1.82) is 0 Å². The molecule has 1 heterocycles. The van der Waals surface area contributed by atoms with Gasteiger partial charge in [0.2, 0.25) is 0 Å². The molecule has 1 aromatic heterocycles. The molecule has 0 unspecified atom stereocenters. The molecular formula is C11H14Cl2S. The molecule has 0 spiro atoms. The molecule has 78 valence electrons. The zero-order valence-electron chi connectivity index (χ0n) is 8.06. The smallest absolute Gasteiger partial charge is 0.0545 e. The first-order valence-corrected chi connectivity index (χ1v) is 6.83. The van der Waals surface area contributed by atoms with Gasteiger partial charge in [0.1, 0.15) is 0 Å². The predicted molar refractivity (Wildman–Crippen MR) is 64.7 cm³/mol. The van der Waals surface area contributed by atoms with Crippen LogP contribution in [-0.2, 0) is 6.42 Å². The van der Waals surface area contributed by atoms with Gasteiger partial charge in [-0.25, -0.2) is 0 Å². The van der Waals surface area contributed by atoms with Gasteiger partial charge in [0.15, 0.2) is 0 Å². The average molecular weight is 249 g/mol. The number of alkyl halides is 1. The molecule has 0 N–H and O–H groups in total. The summed E-state index contributed by atoms with van der Waals surface area (Å²) in [4.78, 5) is 1.31. The van der Waals surface area contributed by atoms with Crippen LogP contribution in [0, 0.1) is 5.41 Å². The van der Waals surface area contributed by atoms with E-state index >= 15 is 0 Å². The van der Waals surface area contributed by atoms with Crippen molar-refractivity contribution in [2.24, 2.45) is 5.41 Å². The minimum Gasteiger partial charge on any atom is -0.147 e. The van der Waals surface area contributed by atoms with Crippen molar-refractivity contribution in [3.05, 3.63) is 21.3 Å². The Morgan fingerprint density at radius 3 is 2.57 bits per heavy atom. The first kappa shape index (κ1) is 10.8. The van der Waals surface area contributed by atoms with Crippen LogP contribution in [-0.4, -0.2) is 5.88 Å². The fourth-order valence-corrected chi connectivity index (χ4v) is 3.91. The van der Waals surface area contributed by atoms with Crippen LogP contribution in [0.5, 0.6) is 0 Å². The van der Waals surface area contributed by atoms with E-state index in [0.29, 0.717) is 5.41 Å². The second-order valence-electron chi connectivity index (χ2n) is 4.21. The fraction of sp³-hybridized carbons (Fsp3) is 0.636. The Labute approximate surface area is 99.2 Å². The fourth-order valence-electron chi connectivity index (χ4n) is 2.27. The van der Waals surface area contributed by atoms with Gasteiger partial charge in [-0.1, -0.05) is 24.4 Å². The van der Waals surface area contributed by atoms with Crippen LogP contribution in [0.1, 0.15) is 30.6 Å². The lowest BCUT2D eigenvalue weighted by Crippen LogP contribution is -2.21. The quantitative estimate of drug-likeness (QED) is 0.678. The highest BCUT2D eigenvalue weighted by Gasteiger charge is 2.33. The van der Waals surface area contributed by atoms with Crippen molar-refractivity contribution in [2.45, 2.75) is 32.1 Å². The molecule has 1 aliphatic rings.